The largest absolute Gasteiger partial charge is 0.465 e. The van der Waals surface area contributed by atoms with Gasteiger partial charge in [-0.05, 0) is 48.4 Å². The highest BCUT2D eigenvalue weighted by molar-refractivity contribution is 7.98. The van der Waals surface area contributed by atoms with E-state index >= 15 is 0 Å². The molecule has 29 heavy (non-hydrogen) atoms. The van der Waals surface area contributed by atoms with E-state index in [4.69, 9.17) is 9.15 Å². The summed E-state index contributed by atoms with van der Waals surface area (Å²) in [6.45, 7) is 2.04. The van der Waals surface area contributed by atoms with Gasteiger partial charge in [0, 0.05) is 5.75 Å². The van der Waals surface area contributed by atoms with E-state index in [0.717, 1.165) is 16.8 Å². The molecule has 4 rings (SSSR count). The number of methoxy groups -OCH3 is 1. The van der Waals surface area contributed by atoms with Gasteiger partial charge in [-0.2, -0.15) is 0 Å². The Labute approximate surface area is 172 Å². The Hall–Kier alpha value is -3.32. The number of carbonyl (C=O) groups excluding carboxylic acids is 1. The van der Waals surface area contributed by atoms with Crippen LogP contribution in [-0.4, -0.2) is 27.8 Å². The third-order valence-corrected chi connectivity index (χ3v) is 5.39. The van der Waals surface area contributed by atoms with Crippen molar-refractivity contribution in [2.45, 2.75) is 17.8 Å². The van der Waals surface area contributed by atoms with Gasteiger partial charge in [-0.3, -0.25) is 4.57 Å². The highest BCUT2D eigenvalue weighted by atomic mass is 32.2. The molecule has 0 N–H and O–H groups in total. The standard InChI is InChI=1S/C22H19N3O3S/c1-15-7-5-9-17(13-15)25-20(19-11-6-12-28-19)23-24-22(25)29-14-16-8-3-4-10-18(16)21(26)27-2/h3-13H,14H2,1-2H3. The van der Waals surface area contributed by atoms with E-state index < -0.39 is 0 Å². The van der Waals surface area contributed by atoms with Gasteiger partial charge in [-0.25, -0.2) is 4.79 Å². The summed E-state index contributed by atoms with van der Waals surface area (Å²) < 4.78 is 12.4. The number of rotatable bonds is 6. The second-order valence-electron chi connectivity index (χ2n) is 6.40. The molecule has 0 atom stereocenters. The van der Waals surface area contributed by atoms with Gasteiger partial charge >= 0.3 is 5.97 Å². The van der Waals surface area contributed by atoms with Gasteiger partial charge in [0.1, 0.15) is 0 Å². The van der Waals surface area contributed by atoms with Gasteiger partial charge < -0.3 is 9.15 Å². The minimum Gasteiger partial charge on any atom is -0.465 e. The average molecular weight is 405 g/mol. The Morgan fingerprint density at radius 3 is 2.72 bits per heavy atom. The maximum atomic E-state index is 12.1. The maximum Gasteiger partial charge on any atom is 0.338 e. The minimum absolute atomic E-state index is 0.349. The zero-order chi connectivity index (χ0) is 20.2. The molecule has 0 aliphatic rings. The first-order chi connectivity index (χ1) is 14.2. The lowest BCUT2D eigenvalue weighted by Crippen LogP contribution is -2.05. The number of hydrogen-bond acceptors (Lipinski definition) is 6. The van der Waals surface area contributed by atoms with Crippen LogP contribution in [0.5, 0.6) is 0 Å². The lowest BCUT2D eigenvalue weighted by atomic mass is 10.1. The van der Waals surface area contributed by atoms with Crippen molar-refractivity contribution in [1.29, 1.82) is 0 Å². The number of furan rings is 1. The number of hydrogen-bond donors (Lipinski definition) is 0. The van der Waals surface area contributed by atoms with Crippen molar-refractivity contribution in [3.63, 3.8) is 0 Å². The van der Waals surface area contributed by atoms with Crippen molar-refractivity contribution >= 4 is 17.7 Å². The number of carbonyl (C=O) groups is 1. The van der Waals surface area contributed by atoms with Crippen molar-refractivity contribution in [2.24, 2.45) is 0 Å². The Bertz CT molecular complexity index is 1140. The topological polar surface area (TPSA) is 70.2 Å². The molecule has 2 aromatic carbocycles. The Balaban J connectivity index is 1.71. The van der Waals surface area contributed by atoms with Crippen molar-refractivity contribution in [3.8, 4) is 17.3 Å². The summed E-state index contributed by atoms with van der Waals surface area (Å²) >= 11 is 1.50. The molecule has 0 unspecified atom stereocenters. The molecule has 0 amide bonds. The Morgan fingerprint density at radius 2 is 1.97 bits per heavy atom. The first kappa shape index (κ1) is 19.0. The van der Waals surface area contributed by atoms with E-state index in [0.29, 0.717) is 28.1 Å². The number of aromatic nitrogens is 3. The van der Waals surface area contributed by atoms with Crippen LogP contribution in [0.15, 0.2) is 76.5 Å². The molecule has 2 aromatic heterocycles. The Morgan fingerprint density at radius 1 is 1.10 bits per heavy atom. The van der Waals surface area contributed by atoms with Gasteiger partial charge in [-0.15, -0.1) is 10.2 Å². The van der Waals surface area contributed by atoms with Gasteiger partial charge in [0.05, 0.1) is 24.6 Å². The molecule has 146 valence electrons. The lowest BCUT2D eigenvalue weighted by molar-refractivity contribution is 0.0600. The quantitative estimate of drug-likeness (QED) is 0.335. The van der Waals surface area contributed by atoms with Crippen LogP contribution < -0.4 is 0 Å². The van der Waals surface area contributed by atoms with E-state index in [1.165, 1.54) is 18.9 Å². The zero-order valence-electron chi connectivity index (χ0n) is 16.0. The molecule has 0 saturated heterocycles. The van der Waals surface area contributed by atoms with Gasteiger partial charge in [-0.1, -0.05) is 42.1 Å². The van der Waals surface area contributed by atoms with Crippen LogP contribution in [0.4, 0.5) is 0 Å². The van der Waals surface area contributed by atoms with E-state index in [2.05, 4.69) is 16.3 Å². The van der Waals surface area contributed by atoms with E-state index in [1.807, 2.05) is 60.0 Å². The van der Waals surface area contributed by atoms with Gasteiger partial charge in [0.15, 0.2) is 10.9 Å². The molecule has 4 aromatic rings. The van der Waals surface area contributed by atoms with Crippen LogP contribution in [0.25, 0.3) is 17.3 Å². The third kappa shape index (κ3) is 3.95. The first-order valence-electron chi connectivity index (χ1n) is 9.02. The van der Waals surface area contributed by atoms with Crippen LogP contribution in [0.3, 0.4) is 0 Å². The fourth-order valence-corrected chi connectivity index (χ4v) is 3.98. The molecule has 6 nitrogen and oxygen atoms in total. The summed E-state index contributed by atoms with van der Waals surface area (Å²) in [5.41, 5.74) is 3.51. The molecular weight excluding hydrogens is 386 g/mol. The molecule has 0 aliphatic carbocycles. The van der Waals surface area contributed by atoms with Crippen LogP contribution in [-0.2, 0) is 10.5 Å². The number of aryl methyl sites for hydroxylation is 1. The van der Waals surface area contributed by atoms with Crippen LogP contribution >= 0.6 is 11.8 Å². The van der Waals surface area contributed by atoms with Crippen molar-refractivity contribution < 1.29 is 13.9 Å². The second kappa shape index (κ2) is 8.36. The van der Waals surface area contributed by atoms with E-state index in [1.54, 1.807) is 12.3 Å². The van der Waals surface area contributed by atoms with E-state index in [-0.39, 0.29) is 5.97 Å². The number of nitrogens with zero attached hydrogens (tertiary/aromatic N) is 3. The van der Waals surface area contributed by atoms with Crippen molar-refractivity contribution in [1.82, 2.24) is 14.8 Å². The highest BCUT2D eigenvalue weighted by Gasteiger charge is 2.19. The van der Waals surface area contributed by atoms with E-state index in [9.17, 15) is 4.79 Å². The van der Waals surface area contributed by atoms with Crippen molar-refractivity contribution in [3.05, 3.63) is 83.6 Å². The maximum absolute atomic E-state index is 12.1. The predicted molar refractivity (Wildman–Crippen MR) is 111 cm³/mol. The summed E-state index contributed by atoms with van der Waals surface area (Å²) in [5, 5.41) is 9.45. The zero-order valence-corrected chi connectivity index (χ0v) is 16.8. The van der Waals surface area contributed by atoms with Gasteiger partial charge in [0.25, 0.3) is 0 Å². The molecule has 7 heteroatoms. The molecule has 2 heterocycles. The first-order valence-corrected chi connectivity index (χ1v) is 10.0. The normalized spacial score (nSPS) is 10.8. The summed E-state index contributed by atoms with van der Waals surface area (Å²) in [5.74, 6) is 1.47. The summed E-state index contributed by atoms with van der Waals surface area (Å²) in [4.78, 5) is 12.1. The number of ether oxygens (including phenoxy) is 1. The molecule has 0 aliphatic heterocycles. The van der Waals surface area contributed by atoms with Crippen LogP contribution in [0.1, 0.15) is 21.5 Å². The monoisotopic (exact) mass is 405 g/mol. The molecule has 0 saturated carbocycles. The van der Waals surface area contributed by atoms with Crippen molar-refractivity contribution in [2.75, 3.05) is 7.11 Å². The van der Waals surface area contributed by atoms with Crippen LogP contribution in [0, 0.1) is 6.92 Å². The number of benzene rings is 2. The lowest BCUT2D eigenvalue weighted by Gasteiger charge is -2.11. The minimum atomic E-state index is -0.349. The second-order valence-corrected chi connectivity index (χ2v) is 7.34. The predicted octanol–water partition coefficient (Wildman–Crippen LogP) is 4.91. The van der Waals surface area contributed by atoms with Crippen LogP contribution in [0.2, 0.25) is 0 Å². The number of esters is 1. The summed E-state index contributed by atoms with van der Waals surface area (Å²) in [6.07, 6.45) is 1.62. The Kier molecular flexibility index (Phi) is 5.48. The molecule has 0 spiro atoms. The summed E-state index contributed by atoms with van der Waals surface area (Å²) in [7, 11) is 1.39. The average Bonchev–Trinajstić information content (AvgIpc) is 3.41. The highest BCUT2D eigenvalue weighted by Crippen LogP contribution is 2.31. The van der Waals surface area contributed by atoms with Gasteiger partial charge in [0.2, 0.25) is 5.82 Å². The third-order valence-electron chi connectivity index (χ3n) is 4.41. The summed E-state index contributed by atoms with van der Waals surface area (Å²) in [6, 6.07) is 19.2. The molecule has 0 radical (unpaired) electrons. The molecular formula is C22H19N3O3S. The molecule has 0 bridgehead atoms. The molecule has 0 fully saturated rings. The fraction of sp³-hybridized carbons (Fsp3) is 0.136. The fourth-order valence-electron chi connectivity index (χ4n) is 3.03. The smallest absolute Gasteiger partial charge is 0.338 e. The SMILES string of the molecule is COC(=O)c1ccccc1CSc1nnc(-c2ccco2)n1-c1cccc(C)c1. The number of thioether (sulfide) groups is 1.